The largest absolute Gasteiger partial charge is 0.478 e. The average Bonchev–Trinajstić information content (AvgIpc) is 2.81. The van der Waals surface area contributed by atoms with Gasteiger partial charge in [0.05, 0.1) is 19.8 Å². The first-order valence-electron chi connectivity index (χ1n) is 6.29. The van der Waals surface area contributed by atoms with Crippen molar-refractivity contribution in [2.24, 2.45) is 0 Å². The highest BCUT2D eigenvalue weighted by atomic mass is 16.5. The summed E-state index contributed by atoms with van der Waals surface area (Å²) in [5.74, 6) is -0.163. The second kappa shape index (κ2) is 5.03. The molecule has 0 radical (unpaired) electrons. The van der Waals surface area contributed by atoms with Crippen LogP contribution in [0.2, 0.25) is 0 Å². The van der Waals surface area contributed by atoms with Gasteiger partial charge in [0.2, 0.25) is 0 Å². The van der Waals surface area contributed by atoms with Gasteiger partial charge in [-0.25, -0.2) is 4.79 Å². The summed E-state index contributed by atoms with van der Waals surface area (Å²) in [5.41, 5.74) is 0.670. The molecule has 0 unspecified atom stereocenters. The first-order valence-corrected chi connectivity index (χ1v) is 6.29. The maximum Gasteiger partial charge on any atom is 0.339 e. The minimum Gasteiger partial charge on any atom is -0.478 e. The van der Waals surface area contributed by atoms with Gasteiger partial charge in [-0.05, 0) is 12.1 Å². The van der Waals surface area contributed by atoms with Crippen LogP contribution in [0.1, 0.15) is 16.1 Å². The third-order valence-corrected chi connectivity index (χ3v) is 3.31. The van der Waals surface area contributed by atoms with Gasteiger partial charge in [0.25, 0.3) is 0 Å². The molecule has 1 aliphatic rings. The summed E-state index contributed by atoms with van der Waals surface area (Å²) in [6, 6.07) is 7.08. The Bertz CT molecular complexity index is 599. The van der Waals surface area contributed by atoms with Crippen LogP contribution in [0.15, 0.2) is 28.7 Å². The van der Waals surface area contributed by atoms with Gasteiger partial charge in [0.1, 0.15) is 16.9 Å². The summed E-state index contributed by atoms with van der Waals surface area (Å²) in [6.45, 7) is 3.92. The van der Waals surface area contributed by atoms with Crippen LogP contribution in [0.4, 0.5) is 0 Å². The minimum atomic E-state index is -0.960. The summed E-state index contributed by atoms with van der Waals surface area (Å²) in [6.07, 6.45) is 0. The molecule has 0 saturated carbocycles. The van der Waals surface area contributed by atoms with Gasteiger partial charge in [-0.3, -0.25) is 4.90 Å². The molecule has 1 aliphatic heterocycles. The number of hydrogen-bond donors (Lipinski definition) is 1. The van der Waals surface area contributed by atoms with Crippen molar-refractivity contribution in [3.05, 3.63) is 35.6 Å². The molecular weight excluding hydrogens is 246 g/mol. The summed E-state index contributed by atoms with van der Waals surface area (Å²) < 4.78 is 11.0. The second-order valence-corrected chi connectivity index (χ2v) is 4.63. The third kappa shape index (κ3) is 2.47. The third-order valence-electron chi connectivity index (χ3n) is 3.31. The van der Waals surface area contributed by atoms with Crippen molar-refractivity contribution in [2.45, 2.75) is 6.54 Å². The highest BCUT2D eigenvalue weighted by molar-refractivity contribution is 6.01. The van der Waals surface area contributed by atoms with Gasteiger partial charge in [-0.15, -0.1) is 0 Å². The van der Waals surface area contributed by atoms with Crippen molar-refractivity contribution in [3.8, 4) is 0 Å². The number of aromatic carboxylic acids is 1. The average molecular weight is 261 g/mol. The molecule has 1 aromatic carbocycles. The zero-order chi connectivity index (χ0) is 13.2. The van der Waals surface area contributed by atoms with E-state index in [0.717, 1.165) is 37.4 Å². The summed E-state index contributed by atoms with van der Waals surface area (Å²) in [5, 5.41) is 9.96. The molecule has 0 spiro atoms. The van der Waals surface area contributed by atoms with E-state index in [1.165, 1.54) is 0 Å². The number of hydrogen-bond acceptors (Lipinski definition) is 4. The molecule has 2 aromatic rings. The van der Waals surface area contributed by atoms with Crippen molar-refractivity contribution in [3.63, 3.8) is 0 Å². The Morgan fingerprint density at radius 3 is 2.84 bits per heavy atom. The number of fused-ring (bicyclic) bond motifs is 1. The van der Waals surface area contributed by atoms with E-state index in [0.29, 0.717) is 12.1 Å². The van der Waals surface area contributed by atoms with Gasteiger partial charge in [0, 0.05) is 18.5 Å². The second-order valence-electron chi connectivity index (χ2n) is 4.63. The molecular formula is C14H15NO4. The molecule has 1 aromatic heterocycles. The van der Waals surface area contributed by atoms with Crippen LogP contribution in [-0.4, -0.2) is 42.3 Å². The molecule has 1 N–H and O–H groups in total. The van der Waals surface area contributed by atoms with Crippen molar-refractivity contribution in [1.29, 1.82) is 0 Å². The summed E-state index contributed by atoms with van der Waals surface area (Å²) >= 11 is 0. The van der Waals surface area contributed by atoms with Crippen LogP contribution in [0.3, 0.4) is 0 Å². The van der Waals surface area contributed by atoms with Gasteiger partial charge < -0.3 is 14.3 Å². The van der Waals surface area contributed by atoms with Crippen molar-refractivity contribution < 1.29 is 19.1 Å². The lowest BCUT2D eigenvalue weighted by atomic mass is 10.1. The Balaban J connectivity index is 1.88. The van der Waals surface area contributed by atoms with Crippen molar-refractivity contribution >= 4 is 16.9 Å². The number of benzene rings is 1. The number of carboxylic acids is 1. The number of carbonyl (C=O) groups is 1. The molecule has 19 heavy (non-hydrogen) atoms. The van der Waals surface area contributed by atoms with Crippen LogP contribution in [0, 0.1) is 0 Å². The number of nitrogens with zero attached hydrogens (tertiary/aromatic N) is 1. The van der Waals surface area contributed by atoms with Gasteiger partial charge in [-0.2, -0.15) is 0 Å². The smallest absolute Gasteiger partial charge is 0.339 e. The Hall–Kier alpha value is -1.85. The lowest BCUT2D eigenvalue weighted by Gasteiger charge is -2.25. The number of morpholine rings is 1. The van der Waals surface area contributed by atoms with E-state index in [1.54, 1.807) is 12.1 Å². The van der Waals surface area contributed by atoms with E-state index in [1.807, 2.05) is 12.1 Å². The predicted molar refractivity (Wildman–Crippen MR) is 69.3 cm³/mol. The lowest BCUT2D eigenvalue weighted by Crippen LogP contribution is -2.35. The minimum absolute atomic E-state index is 0.214. The number of para-hydroxylation sites is 1. The number of rotatable bonds is 3. The van der Waals surface area contributed by atoms with Crippen LogP contribution in [0.25, 0.3) is 11.0 Å². The standard InChI is InChI=1S/C14H15NO4/c16-14(17)12-3-1-2-10-8-11(19-13(10)12)9-15-4-6-18-7-5-15/h1-3,8H,4-7,9H2,(H,16,17). The highest BCUT2D eigenvalue weighted by Crippen LogP contribution is 2.24. The van der Waals surface area contributed by atoms with E-state index in [9.17, 15) is 4.79 Å². The molecule has 5 nitrogen and oxygen atoms in total. The lowest BCUT2D eigenvalue weighted by molar-refractivity contribution is 0.0315. The maximum atomic E-state index is 11.1. The first kappa shape index (κ1) is 12.2. The molecule has 100 valence electrons. The first-order chi connectivity index (χ1) is 9.24. The molecule has 0 bridgehead atoms. The van der Waals surface area contributed by atoms with E-state index in [2.05, 4.69) is 4.90 Å². The molecule has 5 heteroatoms. The Morgan fingerprint density at radius 1 is 1.32 bits per heavy atom. The number of furan rings is 1. The molecule has 1 saturated heterocycles. The molecule has 1 fully saturated rings. The van der Waals surface area contributed by atoms with E-state index in [-0.39, 0.29) is 5.56 Å². The summed E-state index contributed by atoms with van der Waals surface area (Å²) in [7, 11) is 0. The number of carboxylic acid groups (broad SMARTS) is 1. The Labute approximate surface area is 110 Å². The summed E-state index contributed by atoms with van der Waals surface area (Å²) in [4.78, 5) is 13.4. The SMILES string of the molecule is O=C(O)c1cccc2cc(CN3CCOCC3)oc12. The van der Waals surface area contributed by atoms with Gasteiger partial charge in [0.15, 0.2) is 0 Å². The van der Waals surface area contributed by atoms with Gasteiger partial charge >= 0.3 is 5.97 Å². The Kier molecular flexibility index (Phi) is 3.23. The fourth-order valence-electron chi connectivity index (χ4n) is 2.34. The molecule has 0 amide bonds. The van der Waals surface area contributed by atoms with Crippen molar-refractivity contribution in [2.75, 3.05) is 26.3 Å². The predicted octanol–water partition coefficient (Wildman–Crippen LogP) is 1.96. The zero-order valence-corrected chi connectivity index (χ0v) is 10.5. The maximum absolute atomic E-state index is 11.1. The highest BCUT2D eigenvalue weighted by Gasteiger charge is 2.16. The number of ether oxygens (including phenoxy) is 1. The molecule has 3 rings (SSSR count). The van der Waals surface area contributed by atoms with E-state index >= 15 is 0 Å². The molecule has 2 heterocycles. The molecule has 0 atom stereocenters. The monoisotopic (exact) mass is 261 g/mol. The van der Waals surface area contributed by atoms with Crippen LogP contribution >= 0.6 is 0 Å². The topological polar surface area (TPSA) is 62.9 Å². The Morgan fingerprint density at radius 2 is 2.11 bits per heavy atom. The van der Waals surface area contributed by atoms with Crippen LogP contribution < -0.4 is 0 Å². The van der Waals surface area contributed by atoms with E-state index < -0.39 is 5.97 Å². The quantitative estimate of drug-likeness (QED) is 0.915. The fraction of sp³-hybridized carbons (Fsp3) is 0.357. The molecule has 0 aliphatic carbocycles. The normalized spacial score (nSPS) is 16.8. The van der Waals surface area contributed by atoms with Gasteiger partial charge in [-0.1, -0.05) is 12.1 Å². The van der Waals surface area contributed by atoms with Crippen molar-refractivity contribution in [1.82, 2.24) is 4.90 Å². The fourth-order valence-corrected chi connectivity index (χ4v) is 2.34. The zero-order valence-electron chi connectivity index (χ0n) is 10.5. The van der Waals surface area contributed by atoms with Crippen LogP contribution in [0.5, 0.6) is 0 Å². The van der Waals surface area contributed by atoms with Crippen LogP contribution in [-0.2, 0) is 11.3 Å². The van der Waals surface area contributed by atoms with E-state index in [4.69, 9.17) is 14.3 Å².